The Bertz CT molecular complexity index is 949. The molecule has 0 amide bonds. The number of benzene rings is 1. The third kappa shape index (κ3) is 3.26. The highest BCUT2D eigenvalue weighted by Gasteiger charge is 2.17. The molecule has 0 unspecified atom stereocenters. The summed E-state index contributed by atoms with van der Waals surface area (Å²) in [5.41, 5.74) is 8.07. The number of aromatic carboxylic acids is 1. The van der Waals surface area contributed by atoms with Gasteiger partial charge in [0, 0.05) is 29.9 Å². The second-order valence-electron chi connectivity index (χ2n) is 6.18. The van der Waals surface area contributed by atoms with Crippen LogP contribution in [0.4, 0.5) is 5.82 Å². The molecule has 0 radical (unpaired) electrons. The molecule has 0 spiro atoms. The first-order valence-corrected chi connectivity index (χ1v) is 9.12. The smallest absolute Gasteiger partial charge is 0.357 e. The minimum absolute atomic E-state index is 0.0608. The lowest BCUT2D eigenvalue weighted by atomic mass is 10.1. The van der Waals surface area contributed by atoms with E-state index in [0.717, 1.165) is 43.3 Å². The summed E-state index contributed by atoms with van der Waals surface area (Å²) in [6.45, 7) is 4.38. The Morgan fingerprint density at radius 3 is 2.65 bits per heavy atom. The molecule has 8 heteroatoms. The van der Waals surface area contributed by atoms with Crippen LogP contribution in [0.1, 0.15) is 16.1 Å². The third-order valence-electron chi connectivity index (χ3n) is 4.43. The van der Waals surface area contributed by atoms with Gasteiger partial charge in [-0.3, -0.25) is 4.90 Å². The molecule has 3 heterocycles. The number of nitrogens with two attached hydrogens (primary N) is 1. The molecule has 3 aromatic rings. The molecule has 0 aliphatic carbocycles. The number of aromatic nitrogens is 2. The van der Waals surface area contributed by atoms with E-state index in [1.807, 2.05) is 6.07 Å². The minimum Gasteiger partial charge on any atom is -0.476 e. The van der Waals surface area contributed by atoms with E-state index < -0.39 is 5.97 Å². The van der Waals surface area contributed by atoms with Crippen LogP contribution < -0.4 is 5.73 Å². The van der Waals surface area contributed by atoms with Crippen molar-refractivity contribution in [1.29, 1.82) is 0 Å². The van der Waals surface area contributed by atoms with Crippen molar-refractivity contribution < 1.29 is 14.6 Å². The first-order valence-electron chi connectivity index (χ1n) is 8.30. The Morgan fingerprint density at radius 1 is 1.23 bits per heavy atom. The highest BCUT2D eigenvalue weighted by Crippen LogP contribution is 2.36. The SMILES string of the molecule is Nc1nnc(C(=O)O)c2sc(-c3ccc(CN4CCOCC4)cc3)cc12. The lowest BCUT2D eigenvalue weighted by Gasteiger charge is -2.26. The molecule has 1 aliphatic heterocycles. The van der Waals surface area contributed by atoms with Crippen molar-refractivity contribution in [2.45, 2.75) is 6.54 Å². The summed E-state index contributed by atoms with van der Waals surface area (Å²) in [6, 6.07) is 10.2. The van der Waals surface area contributed by atoms with E-state index in [0.29, 0.717) is 10.1 Å². The van der Waals surface area contributed by atoms with Crippen LogP contribution in [0.5, 0.6) is 0 Å². The lowest BCUT2D eigenvalue weighted by Crippen LogP contribution is -2.35. The molecular formula is C18H18N4O3S. The largest absolute Gasteiger partial charge is 0.476 e. The van der Waals surface area contributed by atoms with Gasteiger partial charge in [0.05, 0.1) is 17.9 Å². The van der Waals surface area contributed by atoms with E-state index in [1.165, 1.54) is 16.9 Å². The Morgan fingerprint density at radius 2 is 1.96 bits per heavy atom. The summed E-state index contributed by atoms with van der Waals surface area (Å²) in [7, 11) is 0. The van der Waals surface area contributed by atoms with Gasteiger partial charge in [0.25, 0.3) is 0 Å². The van der Waals surface area contributed by atoms with Crippen LogP contribution in [-0.2, 0) is 11.3 Å². The minimum atomic E-state index is -1.10. The molecule has 0 atom stereocenters. The van der Waals surface area contributed by atoms with E-state index in [-0.39, 0.29) is 11.5 Å². The molecule has 1 aliphatic rings. The number of carbonyl (C=O) groups is 1. The fourth-order valence-electron chi connectivity index (χ4n) is 3.03. The molecule has 2 aromatic heterocycles. The summed E-state index contributed by atoms with van der Waals surface area (Å²) in [5, 5.41) is 17.4. The van der Waals surface area contributed by atoms with Crippen molar-refractivity contribution in [1.82, 2.24) is 15.1 Å². The van der Waals surface area contributed by atoms with Crippen molar-refractivity contribution in [2.24, 2.45) is 0 Å². The Labute approximate surface area is 154 Å². The number of anilines is 1. The number of hydrogen-bond acceptors (Lipinski definition) is 7. The van der Waals surface area contributed by atoms with Crippen molar-refractivity contribution in [3.05, 3.63) is 41.6 Å². The normalized spacial score (nSPS) is 15.4. The zero-order chi connectivity index (χ0) is 18.1. The van der Waals surface area contributed by atoms with Crippen LogP contribution in [0.3, 0.4) is 0 Å². The first kappa shape index (κ1) is 16.9. The van der Waals surface area contributed by atoms with Crippen LogP contribution in [0.25, 0.3) is 20.5 Å². The summed E-state index contributed by atoms with van der Waals surface area (Å²) in [5.74, 6) is -0.854. The summed E-state index contributed by atoms with van der Waals surface area (Å²) in [4.78, 5) is 14.7. The van der Waals surface area contributed by atoms with Gasteiger partial charge < -0.3 is 15.6 Å². The number of hydrogen-bond donors (Lipinski definition) is 2. The molecule has 0 saturated carbocycles. The van der Waals surface area contributed by atoms with Gasteiger partial charge in [-0.2, -0.15) is 0 Å². The number of ether oxygens (including phenoxy) is 1. The second kappa shape index (κ2) is 6.99. The number of rotatable bonds is 4. The van der Waals surface area contributed by atoms with Gasteiger partial charge in [0.1, 0.15) is 0 Å². The summed E-state index contributed by atoms with van der Waals surface area (Å²) < 4.78 is 5.93. The van der Waals surface area contributed by atoms with Crippen LogP contribution in [0, 0.1) is 0 Å². The molecule has 0 bridgehead atoms. The van der Waals surface area contributed by atoms with Crippen LogP contribution in [-0.4, -0.2) is 52.5 Å². The monoisotopic (exact) mass is 370 g/mol. The summed E-state index contributed by atoms with van der Waals surface area (Å²) >= 11 is 1.37. The maximum atomic E-state index is 11.4. The number of carboxylic acids is 1. The van der Waals surface area contributed by atoms with Crippen LogP contribution in [0.2, 0.25) is 0 Å². The number of carboxylic acid groups (broad SMARTS) is 1. The zero-order valence-electron chi connectivity index (χ0n) is 14.0. The average Bonchev–Trinajstić information content (AvgIpc) is 3.09. The van der Waals surface area contributed by atoms with E-state index in [4.69, 9.17) is 10.5 Å². The van der Waals surface area contributed by atoms with Gasteiger partial charge in [-0.25, -0.2) is 4.79 Å². The molecule has 4 rings (SSSR count). The Hall–Kier alpha value is -2.55. The lowest BCUT2D eigenvalue weighted by molar-refractivity contribution is 0.0342. The first-order chi connectivity index (χ1) is 12.6. The molecule has 7 nitrogen and oxygen atoms in total. The second-order valence-corrected chi connectivity index (χ2v) is 7.23. The van der Waals surface area contributed by atoms with Crippen LogP contribution >= 0.6 is 11.3 Å². The predicted molar refractivity (Wildman–Crippen MR) is 100 cm³/mol. The van der Waals surface area contributed by atoms with Gasteiger partial charge in [0.2, 0.25) is 0 Å². The molecule has 3 N–H and O–H groups in total. The van der Waals surface area contributed by atoms with E-state index in [1.54, 1.807) is 0 Å². The van der Waals surface area contributed by atoms with E-state index >= 15 is 0 Å². The van der Waals surface area contributed by atoms with Gasteiger partial charge in [-0.15, -0.1) is 21.5 Å². The van der Waals surface area contributed by atoms with Crippen molar-refractivity contribution in [3.8, 4) is 10.4 Å². The van der Waals surface area contributed by atoms with E-state index in [9.17, 15) is 9.90 Å². The highest BCUT2D eigenvalue weighted by atomic mass is 32.1. The zero-order valence-corrected chi connectivity index (χ0v) is 14.8. The van der Waals surface area contributed by atoms with Crippen molar-refractivity contribution in [2.75, 3.05) is 32.0 Å². The van der Waals surface area contributed by atoms with Gasteiger partial charge in [-0.05, 0) is 17.2 Å². The van der Waals surface area contributed by atoms with Gasteiger partial charge >= 0.3 is 5.97 Å². The number of nitrogen functional groups attached to an aromatic ring is 1. The third-order valence-corrected chi connectivity index (χ3v) is 5.62. The topological polar surface area (TPSA) is 102 Å². The molecule has 26 heavy (non-hydrogen) atoms. The number of thiophene rings is 1. The quantitative estimate of drug-likeness (QED) is 0.727. The Kier molecular flexibility index (Phi) is 4.54. The predicted octanol–water partition coefficient (Wildman–Crippen LogP) is 2.47. The van der Waals surface area contributed by atoms with Crippen molar-refractivity contribution >= 4 is 33.2 Å². The van der Waals surface area contributed by atoms with Gasteiger partial charge in [-0.1, -0.05) is 24.3 Å². The molecule has 1 saturated heterocycles. The molecule has 1 aromatic carbocycles. The Balaban J connectivity index is 1.62. The molecule has 134 valence electrons. The number of fused-ring (bicyclic) bond motifs is 1. The average molecular weight is 370 g/mol. The molecular weight excluding hydrogens is 352 g/mol. The fourth-order valence-corrected chi connectivity index (χ4v) is 4.18. The maximum Gasteiger partial charge on any atom is 0.357 e. The maximum absolute atomic E-state index is 11.4. The molecule has 1 fully saturated rings. The number of morpholine rings is 1. The standard InChI is InChI=1S/C18H18N4O3S/c19-17-13-9-14(26-16(13)15(18(23)24)20-21-17)12-3-1-11(2-4-12)10-22-5-7-25-8-6-22/h1-4,9H,5-8,10H2,(H2,19,21)(H,23,24). The highest BCUT2D eigenvalue weighted by molar-refractivity contribution is 7.22. The van der Waals surface area contributed by atoms with Gasteiger partial charge in [0.15, 0.2) is 11.5 Å². The number of nitrogens with zero attached hydrogens (tertiary/aromatic N) is 3. The fraction of sp³-hybridized carbons (Fsp3) is 0.278. The van der Waals surface area contributed by atoms with Crippen LogP contribution in [0.15, 0.2) is 30.3 Å². The summed E-state index contributed by atoms with van der Waals surface area (Å²) in [6.07, 6.45) is 0. The van der Waals surface area contributed by atoms with Crippen molar-refractivity contribution in [3.63, 3.8) is 0 Å². The van der Waals surface area contributed by atoms with E-state index in [2.05, 4.69) is 39.4 Å².